The Bertz CT molecular complexity index is 891. The molecule has 0 fully saturated rings. The van der Waals surface area contributed by atoms with Gasteiger partial charge in [0.05, 0.1) is 24.9 Å². The Hall–Kier alpha value is -2.99. The van der Waals surface area contributed by atoms with E-state index in [2.05, 4.69) is 15.6 Å². The number of rotatable bonds is 4. The smallest absolute Gasteiger partial charge is 0.274 e. The lowest BCUT2D eigenvalue weighted by Gasteiger charge is -2.16. The number of carbonyl (C=O) groups is 1. The highest BCUT2D eigenvalue weighted by Gasteiger charge is 2.32. The molecule has 3 aromatic rings. The first-order valence-electron chi connectivity index (χ1n) is 8.21. The van der Waals surface area contributed by atoms with Crippen LogP contribution in [0.25, 0.3) is 0 Å². The van der Waals surface area contributed by atoms with E-state index in [1.807, 2.05) is 54.6 Å². The molecule has 1 aliphatic rings. The molecule has 0 saturated heterocycles. The van der Waals surface area contributed by atoms with Crippen molar-refractivity contribution in [3.63, 3.8) is 0 Å². The average Bonchev–Trinajstić information content (AvgIpc) is 3.21. The van der Waals surface area contributed by atoms with Gasteiger partial charge in [0, 0.05) is 6.42 Å². The molecule has 2 atom stereocenters. The highest BCUT2D eigenvalue weighted by molar-refractivity contribution is 5.92. The van der Waals surface area contributed by atoms with Crippen LogP contribution in [0, 0.1) is 0 Å². The van der Waals surface area contributed by atoms with Gasteiger partial charge in [0.2, 0.25) is 0 Å². The van der Waals surface area contributed by atoms with E-state index in [1.165, 1.54) is 0 Å². The zero-order chi connectivity index (χ0) is 17.2. The number of carbonyl (C=O) groups excluding carboxylic acids is 1. The van der Waals surface area contributed by atoms with Crippen LogP contribution in [-0.4, -0.2) is 32.1 Å². The van der Waals surface area contributed by atoms with Gasteiger partial charge < -0.3 is 10.4 Å². The second kappa shape index (κ2) is 6.49. The summed E-state index contributed by atoms with van der Waals surface area (Å²) in [6.45, 7) is 0.552. The number of benzene rings is 2. The fraction of sp³-hybridized carbons (Fsp3) is 0.211. The SMILES string of the molecule is O=C(NC1c2ccccc2CC1O)c1cn(Cc2ccccc2)nn1. The second-order valence-electron chi connectivity index (χ2n) is 6.21. The summed E-state index contributed by atoms with van der Waals surface area (Å²) in [5.74, 6) is -0.333. The predicted octanol–water partition coefficient (Wildman–Crippen LogP) is 1.71. The third kappa shape index (κ3) is 3.16. The highest BCUT2D eigenvalue weighted by Crippen LogP contribution is 2.31. The molecule has 126 valence electrons. The third-order valence-electron chi connectivity index (χ3n) is 4.45. The first kappa shape index (κ1) is 15.5. The number of nitrogens with zero attached hydrogens (tertiary/aromatic N) is 3. The largest absolute Gasteiger partial charge is 0.390 e. The summed E-state index contributed by atoms with van der Waals surface area (Å²) in [5.41, 5.74) is 3.35. The van der Waals surface area contributed by atoms with Crippen LogP contribution in [0.2, 0.25) is 0 Å². The Labute approximate surface area is 145 Å². The zero-order valence-corrected chi connectivity index (χ0v) is 13.5. The standard InChI is InChI=1S/C19H18N4O2/c24-17-10-14-8-4-5-9-15(14)18(17)20-19(25)16-12-23(22-21-16)11-13-6-2-1-3-7-13/h1-9,12,17-18,24H,10-11H2,(H,20,25). The van der Waals surface area contributed by atoms with Crippen LogP contribution in [0.15, 0.2) is 60.8 Å². The summed E-state index contributed by atoms with van der Waals surface area (Å²) in [6.07, 6.45) is 1.54. The van der Waals surface area contributed by atoms with Gasteiger partial charge in [0.15, 0.2) is 5.69 Å². The molecule has 1 aromatic heterocycles. The van der Waals surface area contributed by atoms with Gasteiger partial charge in [-0.2, -0.15) is 0 Å². The highest BCUT2D eigenvalue weighted by atomic mass is 16.3. The lowest BCUT2D eigenvalue weighted by atomic mass is 10.1. The summed E-state index contributed by atoms with van der Waals surface area (Å²) in [6, 6.07) is 17.2. The van der Waals surface area contributed by atoms with Crippen molar-refractivity contribution in [2.75, 3.05) is 0 Å². The molecule has 6 nitrogen and oxygen atoms in total. The third-order valence-corrected chi connectivity index (χ3v) is 4.45. The van der Waals surface area contributed by atoms with Gasteiger partial charge in [-0.1, -0.05) is 59.8 Å². The van der Waals surface area contributed by atoms with E-state index >= 15 is 0 Å². The molecule has 0 radical (unpaired) electrons. The van der Waals surface area contributed by atoms with Gasteiger partial charge in [-0.15, -0.1) is 5.10 Å². The quantitative estimate of drug-likeness (QED) is 0.761. The topological polar surface area (TPSA) is 80.0 Å². The molecule has 25 heavy (non-hydrogen) atoms. The molecular formula is C19H18N4O2. The van der Waals surface area contributed by atoms with Crippen molar-refractivity contribution in [2.45, 2.75) is 25.1 Å². The van der Waals surface area contributed by atoms with Crippen LogP contribution in [-0.2, 0) is 13.0 Å². The van der Waals surface area contributed by atoms with Gasteiger partial charge in [0.25, 0.3) is 5.91 Å². The Balaban J connectivity index is 1.47. The molecule has 0 aliphatic heterocycles. The maximum absolute atomic E-state index is 12.5. The molecule has 6 heteroatoms. The Morgan fingerprint density at radius 1 is 1.16 bits per heavy atom. The monoisotopic (exact) mass is 334 g/mol. The molecule has 0 saturated carbocycles. The molecular weight excluding hydrogens is 316 g/mol. The number of hydrogen-bond acceptors (Lipinski definition) is 4. The van der Waals surface area contributed by atoms with E-state index in [0.29, 0.717) is 13.0 Å². The average molecular weight is 334 g/mol. The molecule has 2 N–H and O–H groups in total. The van der Waals surface area contributed by atoms with E-state index in [1.54, 1.807) is 10.9 Å². The van der Waals surface area contributed by atoms with Crippen molar-refractivity contribution in [1.29, 1.82) is 0 Å². The number of fused-ring (bicyclic) bond motifs is 1. The normalized spacial score (nSPS) is 18.8. The predicted molar refractivity (Wildman–Crippen MR) is 91.9 cm³/mol. The van der Waals surface area contributed by atoms with Crippen molar-refractivity contribution in [1.82, 2.24) is 20.3 Å². The van der Waals surface area contributed by atoms with Crippen LogP contribution in [0.5, 0.6) is 0 Å². The summed E-state index contributed by atoms with van der Waals surface area (Å²) >= 11 is 0. The zero-order valence-electron chi connectivity index (χ0n) is 13.5. The van der Waals surface area contributed by atoms with Crippen molar-refractivity contribution >= 4 is 5.91 Å². The van der Waals surface area contributed by atoms with Crippen molar-refractivity contribution in [3.05, 3.63) is 83.2 Å². The minimum atomic E-state index is -0.624. The fourth-order valence-electron chi connectivity index (χ4n) is 3.21. The summed E-state index contributed by atoms with van der Waals surface area (Å²) in [7, 11) is 0. The van der Waals surface area contributed by atoms with E-state index < -0.39 is 12.1 Å². The maximum Gasteiger partial charge on any atom is 0.274 e. The molecule has 1 heterocycles. The lowest BCUT2D eigenvalue weighted by molar-refractivity contribution is 0.0853. The Kier molecular flexibility index (Phi) is 4.03. The van der Waals surface area contributed by atoms with E-state index in [4.69, 9.17) is 0 Å². The van der Waals surface area contributed by atoms with Crippen molar-refractivity contribution in [2.24, 2.45) is 0 Å². The van der Waals surface area contributed by atoms with Crippen LogP contribution >= 0.6 is 0 Å². The van der Waals surface area contributed by atoms with Crippen molar-refractivity contribution in [3.8, 4) is 0 Å². The summed E-state index contributed by atoms with van der Waals surface area (Å²) in [5, 5.41) is 21.1. The second-order valence-corrected chi connectivity index (χ2v) is 6.21. The van der Waals surface area contributed by atoms with Crippen LogP contribution in [0.4, 0.5) is 0 Å². The van der Waals surface area contributed by atoms with Gasteiger partial charge in [-0.25, -0.2) is 4.68 Å². The van der Waals surface area contributed by atoms with E-state index in [0.717, 1.165) is 16.7 Å². The maximum atomic E-state index is 12.5. The fourth-order valence-corrected chi connectivity index (χ4v) is 3.21. The Morgan fingerprint density at radius 3 is 2.76 bits per heavy atom. The molecule has 0 bridgehead atoms. The number of nitrogens with one attached hydrogen (secondary N) is 1. The lowest BCUT2D eigenvalue weighted by Crippen LogP contribution is -2.34. The molecule has 2 unspecified atom stereocenters. The number of hydrogen-bond donors (Lipinski definition) is 2. The summed E-state index contributed by atoms with van der Waals surface area (Å²) in [4.78, 5) is 12.5. The number of amides is 1. The van der Waals surface area contributed by atoms with Gasteiger partial charge in [0.1, 0.15) is 0 Å². The van der Waals surface area contributed by atoms with Gasteiger partial charge in [-0.3, -0.25) is 4.79 Å². The van der Waals surface area contributed by atoms with E-state index in [-0.39, 0.29) is 11.6 Å². The molecule has 1 aliphatic carbocycles. The van der Waals surface area contributed by atoms with Crippen LogP contribution in [0.1, 0.15) is 33.2 Å². The molecule has 2 aromatic carbocycles. The first-order chi connectivity index (χ1) is 12.2. The van der Waals surface area contributed by atoms with Gasteiger partial charge in [-0.05, 0) is 16.7 Å². The van der Waals surface area contributed by atoms with Crippen LogP contribution in [0.3, 0.4) is 0 Å². The molecule has 0 spiro atoms. The first-order valence-corrected chi connectivity index (χ1v) is 8.21. The van der Waals surface area contributed by atoms with Gasteiger partial charge >= 0.3 is 0 Å². The minimum Gasteiger partial charge on any atom is -0.390 e. The molecule has 1 amide bonds. The van der Waals surface area contributed by atoms with Crippen LogP contribution < -0.4 is 5.32 Å². The Morgan fingerprint density at radius 2 is 1.92 bits per heavy atom. The number of aromatic nitrogens is 3. The molecule has 4 rings (SSSR count). The number of aliphatic hydroxyl groups is 1. The van der Waals surface area contributed by atoms with Crippen molar-refractivity contribution < 1.29 is 9.90 Å². The van der Waals surface area contributed by atoms with E-state index in [9.17, 15) is 9.90 Å². The minimum absolute atomic E-state index is 0.243. The number of aliphatic hydroxyl groups excluding tert-OH is 1. The summed E-state index contributed by atoms with van der Waals surface area (Å²) < 4.78 is 1.63.